The summed E-state index contributed by atoms with van der Waals surface area (Å²) in [5.41, 5.74) is 0. The summed E-state index contributed by atoms with van der Waals surface area (Å²) in [4.78, 5) is 13.1. The minimum atomic E-state index is -3.66. The molecule has 1 atom stereocenters. The van der Waals surface area contributed by atoms with E-state index in [0.29, 0.717) is 6.42 Å². The standard InChI is InChI=1S/C9H19N3O5S2/c1-11(2)19(16,17)10-6-9(13)12(3)8-4-5-18(14,15)7-8/h8,10H,4-7H2,1-3H3. The number of hydrogen-bond donors (Lipinski definition) is 1. The number of carbonyl (C=O) groups excluding carboxylic acids is 1. The summed E-state index contributed by atoms with van der Waals surface area (Å²) < 4.78 is 48.6. The number of rotatable bonds is 5. The van der Waals surface area contributed by atoms with Crippen molar-refractivity contribution >= 4 is 26.0 Å². The Morgan fingerprint density at radius 2 is 1.89 bits per heavy atom. The lowest BCUT2D eigenvalue weighted by Crippen LogP contribution is -2.46. The van der Waals surface area contributed by atoms with Gasteiger partial charge in [0.1, 0.15) is 0 Å². The summed E-state index contributed by atoms with van der Waals surface area (Å²) in [6, 6.07) is -0.374. The molecule has 1 amide bonds. The first kappa shape index (κ1) is 16.3. The van der Waals surface area contributed by atoms with Crippen LogP contribution in [0.25, 0.3) is 0 Å². The molecule has 0 spiro atoms. The minimum Gasteiger partial charge on any atom is -0.341 e. The van der Waals surface area contributed by atoms with Gasteiger partial charge in [0.2, 0.25) is 5.91 Å². The number of nitrogens with one attached hydrogen (secondary N) is 1. The first-order chi connectivity index (χ1) is 8.55. The number of likely N-dealkylation sites (N-methyl/N-ethyl adjacent to an activating group) is 1. The molecule has 1 saturated heterocycles. The maximum absolute atomic E-state index is 11.8. The zero-order valence-electron chi connectivity index (χ0n) is 11.2. The molecular formula is C9H19N3O5S2. The first-order valence-electron chi connectivity index (χ1n) is 5.68. The molecule has 8 nitrogen and oxygen atoms in total. The fraction of sp³-hybridized carbons (Fsp3) is 0.889. The van der Waals surface area contributed by atoms with Crippen LogP contribution in [0.15, 0.2) is 0 Å². The van der Waals surface area contributed by atoms with Crippen molar-refractivity contribution in [2.75, 3.05) is 39.2 Å². The van der Waals surface area contributed by atoms with Crippen LogP contribution in [0, 0.1) is 0 Å². The van der Waals surface area contributed by atoms with E-state index < -0.39 is 26.0 Å². The van der Waals surface area contributed by atoms with Gasteiger partial charge in [0.15, 0.2) is 9.84 Å². The van der Waals surface area contributed by atoms with Crippen molar-refractivity contribution < 1.29 is 21.6 Å². The molecule has 0 radical (unpaired) electrons. The monoisotopic (exact) mass is 313 g/mol. The van der Waals surface area contributed by atoms with Gasteiger partial charge in [-0.15, -0.1) is 0 Å². The summed E-state index contributed by atoms with van der Waals surface area (Å²) in [5, 5.41) is 0. The zero-order valence-corrected chi connectivity index (χ0v) is 12.8. The van der Waals surface area contributed by atoms with Crippen LogP contribution >= 0.6 is 0 Å². The SMILES string of the molecule is CN(C(=O)CNS(=O)(=O)N(C)C)C1CCS(=O)(=O)C1. The summed E-state index contributed by atoms with van der Waals surface area (Å²) in [6.07, 6.45) is 0.394. The van der Waals surface area contributed by atoms with Gasteiger partial charge in [0.05, 0.1) is 18.1 Å². The molecule has 0 aromatic rings. The van der Waals surface area contributed by atoms with E-state index >= 15 is 0 Å². The lowest BCUT2D eigenvalue weighted by Gasteiger charge is -2.23. The predicted molar refractivity (Wildman–Crippen MR) is 70.4 cm³/mol. The van der Waals surface area contributed by atoms with Gasteiger partial charge >= 0.3 is 0 Å². The molecule has 1 N–H and O–H groups in total. The predicted octanol–water partition coefficient (Wildman–Crippen LogP) is -1.97. The molecular weight excluding hydrogens is 294 g/mol. The highest BCUT2D eigenvalue weighted by atomic mass is 32.2. The normalized spacial score (nSPS) is 22.6. The number of sulfone groups is 1. The largest absolute Gasteiger partial charge is 0.341 e. The fourth-order valence-electron chi connectivity index (χ4n) is 1.69. The third kappa shape index (κ3) is 4.41. The van der Waals surface area contributed by atoms with Gasteiger partial charge < -0.3 is 4.90 Å². The Labute approximate surface area is 113 Å². The second-order valence-corrected chi connectivity index (χ2v) is 8.87. The van der Waals surface area contributed by atoms with Crippen LogP contribution in [-0.2, 0) is 24.8 Å². The van der Waals surface area contributed by atoms with E-state index in [9.17, 15) is 21.6 Å². The van der Waals surface area contributed by atoms with E-state index in [2.05, 4.69) is 4.72 Å². The Hall–Kier alpha value is -0.710. The Morgan fingerprint density at radius 1 is 1.32 bits per heavy atom. The molecule has 1 heterocycles. The molecule has 1 rings (SSSR count). The fourth-order valence-corrected chi connectivity index (χ4v) is 4.03. The molecule has 1 unspecified atom stereocenters. The van der Waals surface area contributed by atoms with Crippen LogP contribution in [0.5, 0.6) is 0 Å². The van der Waals surface area contributed by atoms with Gasteiger partial charge in [0, 0.05) is 27.2 Å². The highest BCUT2D eigenvalue weighted by Gasteiger charge is 2.32. The van der Waals surface area contributed by atoms with E-state index in [1.165, 1.54) is 26.0 Å². The van der Waals surface area contributed by atoms with Crippen molar-refractivity contribution in [3.8, 4) is 0 Å². The van der Waals surface area contributed by atoms with Crippen LogP contribution in [-0.4, -0.2) is 77.2 Å². The highest BCUT2D eigenvalue weighted by molar-refractivity contribution is 7.91. The van der Waals surface area contributed by atoms with Gasteiger partial charge in [-0.3, -0.25) is 4.79 Å². The van der Waals surface area contributed by atoms with E-state index in [-0.39, 0.29) is 24.1 Å². The van der Waals surface area contributed by atoms with Crippen LogP contribution in [0.3, 0.4) is 0 Å². The van der Waals surface area contributed by atoms with E-state index in [1.807, 2.05) is 0 Å². The Morgan fingerprint density at radius 3 is 2.32 bits per heavy atom. The molecule has 1 aliphatic heterocycles. The van der Waals surface area contributed by atoms with Crippen molar-refractivity contribution in [2.45, 2.75) is 12.5 Å². The molecule has 1 fully saturated rings. The van der Waals surface area contributed by atoms with Gasteiger partial charge in [-0.25, -0.2) is 8.42 Å². The van der Waals surface area contributed by atoms with Crippen molar-refractivity contribution in [2.24, 2.45) is 0 Å². The Bertz CT molecular complexity index is 540. The van der Waals surface area contributed by atoms with Crippen molar-refractivity contribution in [3.63, 3.8) is 0 Å². The van der Waals surface area contributed by atoms with E-state index in [1.54, 1.807) is 0 Å². The smallest absolute Gasteiger partial charge is 0.279 e. The Balaban J connectivity index is 2.56. The third-order valence-corrected chi connectivity index (χ3v) is 6.26. The molecule has 0 aromatic carbocycles. The average Bonchev–Trinajstić information content (AvgIpc) is 2.65. The number of nitrogens with zero attached hydrogens (tertiary/aromatic N) is 2. The Kier molecular flexibility index (Phi) is 4.93. The molecule has 1 aliphatic rings. The number of carbonyl (C=O) groups is 1. The quantitative estimate of drug-likeness (QED) is 0.634. The highest BCUT2D eigenvalue weighted by Crippen LogP contribution is 2.16. The lowest BCUT2D eigenvalue weighted by molar-refractivity contribution is -0.130. The van der Waals surface area contributed by atoms with Crippen molar-refractivity contribution in [1.82, 2.24) is 13.9 Å². The second-order valence-electron chi connectivity index (χ2n) is 4.67. The molecule has 112 valence electrons. The zero-order chi connectivity index (χ0) is 14.8. The van der Waals surface area contributed by atoms with Gasteiger partial charge in [-0.2, -0.15) is 17.4 Å². The summed E-state index contributed by atoms with van der Waals surface area (Å²) in [5.74, 6) is -0.443. The van der Waals surface area contributed by atoms with Crippen LogP contribution < -0.4 is 4.72 Å². The first-order valence-corrected chi connectivity index (χ1v) is 8.94. The van der Waals surface area contributed by atoms with Crippen molar-refractivity contribution in [3.05, 3.63) is 0 Å². The van der Waals surface area contributed by atoms with E-state index in [4.69, 9.17) is 0 Å². The second kappa shape index (κ2) is 5.73. The van der Waals surface area contributed by atoms with Gasteiger partial charge in [0.25, 0.3) is 10.2 Å². The number of amides is 1. The average molecular weight is 313 g/mol. The topological polar surface area (TPSA) is 104 Å². The maximum Gasteiger partial charge on any atom is 0.279 e. The van der Waals surface area contributed by atoms with Gasteiger partial charge in [-0.1, -0.05) is 0 Å². The molecule has 10 heteroatoms. The molecule has 0 aliphatic carbocycles. The summed E-state index contributed by atoms with van der Waals surface area (Å²) in [6.45, 7) is -0.381. The van der Waals surface area contributed by atoms with Crippen LogP contribution in [0.4, 0.5) is 0 Å². The summed E-state index contributed by atoms with van der Waals surface area (Å²) in [7, 11) is -2.55. The molecule has 0 saturated carbocycles. The lowest BCUT2D eigenvalue weighted by atomic mass is 10.2. The summed E-state index contributed by atoms with van der Waals surface area (Å²) >= 11 is 0. The molecule has 19 heavy (non-hydrogen) atoms. The minimum absolute atomic E-state index is 0.0599. The number of hydrogen-bond acceptors (Lipinski definition) is 5. The molecule has 0 aromatic heterocycles. The van der Waals surface area contributed by atoms with Crippen LogP contribution in [0.2, 0.25) is 0 Å². The maximum atomic E-state index is 11.8. The van der Waals surface area contributed by atoms with E-state index in [0.717, 1.165) is 4.31 Å². The molecule has 0 bridgehead atoms. The van der Waals surface area contributed by atoms with Crippen LogP contribution in [0.1, 0.15) is 6.42 Å². The van der Waals surface area contributed by atoms with Crippen molar-refractivity contribution in [1.29, 1.82) is 0 Å². The third-order valence-electron chi connectivity index (χ3n) is 3.04. The van der Waals surface area contributed by atoms with Gasteiger partial charge in [-0.05, 0) is 6.42 Å².